The predicted molar refractivity (Wildman–Crippen MR) is 76.8 cm³/mol. The largest absolute Gasteiger partial charge is 0.493 e. The second-order valence-corrected chi connectivity index (χ2v) is 4.35. The molecule has 0 amide bonds. The summed E-state index contributed by atoms with van der Waals surface area (Å²) in [5.41, 5.74) is 0.801. The Labute approximate surface area is 122 Å². The number of hydrogen-bond donors (Lipinski definition) is 0. The lowest BCUT2D eigenvalue weighted by Crippen LogP contribution is -2.03. The van der Waals surface area contributed by atoms with Crippen molar-refractivity contribution in [2.75, 3.05) is 7.11 Å². The summed E-state index contributed by atoms with van der Waals surface area (Å²) in [4.78, 5) is 11.0. The van der Waals surface area contributed by atoms with Gasteiger partial charge in [0.1, 0.15) is 0 Å². The molecule has 2 rings (SSSR count). The third-order valence-electron chi connectivity index (χ3n) is 2.72. The van der Waals surface area contributed by atoms with E-state index in [0.29, 0.717) is 23.1 Å². The highest BCUT2D eigenvalue weighted by atomic mass is 16.6. The summed E-state index contributed by atoms with van der Waals surface area (Å²) in [5, 5.41) is 12.2. The maximum atomic E-state index is 11.0. The van der Waals surface area contributed by atoms with E-state index < -0.39 is 5.97 Å². The van der Waals surface area contributed by atoms with E-state index in [4.69, 9.17) is 9.47 Å². The molecule has 0 aliphatic heterocycles. The van der Waals surface area contributed by atoms with Crippen molar-refractivity contribution in [2.24, 2.45) is 5.10 Å². The van der Waals surface area contributed by atoms with Crippen LogP contribution in [0.25, 0.3) is 0 Å². The lowest BCUT2D eigenvalue weighted by atomic mass is 10.2. The van der Waals surface area contributed by atoms with Crippen molar-refractivity contribution in [2.45, 2.75) is 20.8 Å². The van der Waals surface area contributed by atoms with Crippen molar-refractivity contribution in [3.63, 3.8) is 0 Å². The van der Waals surface area contributed by atoms with Crippen LogP contribution in [0.1, 0.15) is 24.1 Å². The number of aryl methyl sites for hydroxylation is 2. The van der Waals surface area contributed by atoms with Crippen LogP contribution in [0.15, 0.2) is 23.3 Å². The first-order chi connectivity index (χ1) is 10.0. The Morgan fingerprint density at radius 1 is 1.24 bits per heavy atom. The Bertz CT molecular complexity index is 672. The van der Waals surface area contributed by atoms with E-state index in [9.17, 15) is 4.79 Å². The van der Waals surface area contributed by atoms with Crippen LogP contribution >= 0.6 is 0 Å². The van der Waals surface area contributed by atoms with Crippen molar-refractivity contribution in [3.8, 4) is 11.5 Å². The van der Waals surface area contributed by atoms with Crippen LogP contribution in [-0.4, -0.2) is 34.2 Å². The highest BCUT2D eigenvalue weighted by Gasteiger charge is 2.07. The zero-order chi connectivity index (χ0) is 15.4. The molecule has 0 radical (unpaired) electrons. The van der Waals surface area contributed by atoms with Gasteiger partial charge in [0.2, 0.25) is 0 Å². The van der Waals surface area contributed by atoms with Gasteiger partial charge in [0.05, 0.1) is 13.3 Å². The number of rotatable bonds is 4. The monoisotopic (exact) mass is 288 g/mol. The number of hydrogen-bond acceptors (Lipinski definition) is 6. The number of aromatic nitrogens is 3. The average molecular weight is 288 g/mol. The Morgan fingerprint density at radius 3 is 2.48 bits per heavy atom. The maximum absolute atomic E-state index is 11.0. The van der Waals surface area contributed by atoms with Crippen molar-refractivity contribution in [3.05, 3.63) is 35.4 Å². The van der Waals surface area contributed by atoms with E-state index in [1.54, 1.807) is 29.1 Å². The zero-order valence-electron chi connectivity index (χ0n) is 12.3. The predicted octanol–water partition coefficient (Wildman–Crippen LogP) is 1.71. The molecule has 0 atom stereocenters. The van der Waals surface area contributed by atoms with Gasteiger partial charge >= 0.3 is 5.97 Å². The highest BCUT2D eigenvalue weighted by Crippen LogP contribution is 2.27. The van der Waals surface area contributed by atoms with Crippen LogP contribution in [0.5, 0.6) is 11.5 Å². The van der Waals surface area contributed by atoms with Crippen molar-refractivity contribution in [1.82, 2.24) is 14.9 Å². The second kappa shape index (κ2) is 6.17. The number of benzene rings is 1. The smallest absolute Gasteiger partial charge is 0.308 e. The fraction of sp³-hybridized carbons (Fsp3) is 0.286. The van der Waals surface area contributed by atoms with Gasteiger partial charge in [-0.25, -0.2) is 4.68 Å². The second-order valence-electron chi connectivity index (χ2n) is 4.35. The summed E-state index contributed by atoms with van der Waals surface area (Å²) < 4.78 is 11.9. The van der Waals surface area contributed by atoms with E-state index in [1.165, 1.54) is 14.0 Å². The van der Waals surface area contributed by atoms with Crippen molar-refractivity contribution >= 4 is 12.2 Å². The molecule has 0 bridgehead atoms. The first kappa shape index (κ1) is 14.7. The quantitative estimate of drug-likeness (QED) is 0.486. The minimum atomic E-state index is -0.398. The minimum absolute atomic E-state index is 0.374. The topological polar surface area (TPSA) is 78.6 Å². The molecule has 21 heavy (non-hydrogen) atoms. The fourth-order valence-corrected chi connectivity index (χ4v) is 1.76. The van der Waals surface area contributed by atoms with Gasteiger partial charge < -0.3 is 9.47 Å². The molecule has 7 heteroatoms. The standard InChI is InChI=1S/C14H16N4O3/c1-9-16-17-10(2)18(9)15-8-12-5-6-13(21-11(3)19)14(7-12)20-4/h5-8H,1-4H3/b15-8-. The molecule has 0 unspecified atom stereocenters. The van der Waals surface area contributed by atoms with E-state index in [0.717, 1.165) is 5.56 Å². The third-order valence-corrected chi connectivity index (χ3v) is 2.72. The molecule has 0 aliphatic rings. The lowest BCUT2D eigenvalue weighted by Gasteiger charge is -2.08. The summed E-state index contributed by atoms with van der Waals surface area (Å²) in [6.45, 7) is 4.98. The molecule has 0 saturated heterocycles. The van der Waals surface area contributed by atoms with E-state index in [1.807, 2.05) is 13.8 Å². The van der Waals surface area contributed by atoms with Gasteiger partial charge in [-0.1, -0.05) is 0 Å². The number of methoxy groups -OCH3 is 1. The van der Waals surface area contributed by atoms with Crippen LogP contribution < -0.4 is 9.47 Å². The number of nitrogens with zero attached hydrogens (tertiary/aromatic N) is 4. The van der Waals surface area contributed by atoms with Crippen molar-refractivity contribution in [1.29, 1.82) is 0 Å². The van der Waals surface area contributed by atoms with Gasteiger partial charge in [0, 0.05) is 6.92 Å². The van der Waals surface area contributed by atoms with Crippen LogP contribution in [0.4, 0.5) is 0 Å². The molecule has 1 heterocycles. The van der Waals surface area contributed by atoms with Crippen LogP contribution in [0.2, 0.25) is 0 Å². The Hall–Kier alpha value is -2.70. The van der Waals surface area contributed by atoms with Gasteiger partial charge in [-0.15, -0.1) is 10.2 Å². The first-order valence-corrected chi connectivity index (χ1v) is 6.30. The Morgan fingerprint density at radius 2 is 1.90 bits per heavy atom. The van der Waals surface area contributed by atoms with Gasteiger partial charge in [-0.3, -0.25) is 4.79 Å². The van der Waals surface area contributed by atoms with Gasteiger partial charge in [-0.2, -0.15) is 5.10 Å². The number of ether oxygens (including phenoxy) is 2. The number of carbonyl (C=O) groups excluding carboxylic acids is 1. The Balaban J connectivity index is 2.27. The molecule has 0 N–H and O–H groups in total. The zero-order valence-corrected chi connectivity index (χ0v) is 12.3. The molecular weight excluding hydrogens is 272 g/mol. The van der Waals surface area contributed by atoms with Crippen molar-refractivity contribution < 1.29 is 14.3 Å². The fourth-order valence-electron chi connectivity index (χ4n) is 1.76. The molecule has 1 aromatic heterocycles. The maximum Gasteiger partial charge on any atom is 0.308 e. The third kappa shape index (κ3) is 3.44. The molecule has 2 aromatic rings. The molecule has 0 aliphatic carbocycles. The summed E-state index contributed by atoms with van der Waals surface area (Å²) in [6.07, 6.45) is 1.66. The van der Waals surface area contributed by atoms with Gasteiger partial charge in [0.15, 0.2) is 23.1 Å². The van der Waals surface area contributed by atoms with Crippen LogP contribution in [0, 0.1) is 13.8 Å². The summed E-state index contributed by atoms with van der Waals surface area (Å²) in [7, 11) is 1.51. The SMILES string of the molecule is COc1cc(/C=N\n2c(C)nnc2C)ccc1OC(C)=O. The minimum Gasteiger partial charge on any atom is -0.493 e. The Kier molecular flexibility index (Phi) is 4.32. The number of esters is 1. The summed E-state index contributed by atoms with van der Waals surface area (Å²) in [5.74, 6) is 1.84. The van der Waals surface area contributed by atoms with E-state index in [2.05, 4.69) is 15.3 Å². The molecule has 0 saturated carbocycles. The lowest BCUT2D eigenvalue weighted by molar-refractivity contribution is -0.132. The highest BCUT2D eigenvalue weighted by molar-refractivity contribution is 5.81. The van der Waals surface area contributed by atoms with Crippen LogP contribution in [0.3, 0.4) is 0 Å². The van der Waals surface area contributed by atoms with E-state index >= 15 is 0 Å². The first-order valence-electron chi connectivity index (χ1n) is 6.30. The molecule has 1 aromatic carbocycles. The average Bonchev–Trinajstić information content (AvgIpc) is 2.76. The molecule has 0 spiro atoms. The molecule has 0 fully saturated rings. The van der Waals surface area contributed by atoms with E-state index in [-0.39, 0.29) is 0 Å². The number of carbonyl (C=O) groups is 1. The van der Waals surface area contributed by atoms with Gasteiger partial charge in [-0.05, 0) is 37.6 Å². The normalized spacial score (nSPS) is 10.9. The molecular formula is C14H16N4O3. The summed E-state index contributed by atoms with van der Waals surface area (Å²) >= 11 is 0. The summed E-state index contributed by atoms with van der Waals surface area (Å²) in [6, 6.07) is 5.17. The van der Waals surface area contributed by atoms with Crippen LogP contribution in [-0.2, 0) is 4.79 Å². The van der Waals surface area contributed by atoms with Gasteiger partial charge in [0.25, 0.3) is 0 Å². The molecule has 7 nitrogen and oxygen atoms in total. The molecule has 110 valence electrons.